The molecular weight excluding hydrogens is 354 g/mol. The minimum absolute atomic E-state index is 0.109. The molecular formula is C16H17ClF2N4O2. The molecule has 2 aromatic rings. The topological polar surface area (TPSA) is 79.2 Å². The molecule has 2 aliphatic rings. The lowest BCUT2D eigenvalue weighted by Crippen LogP contribution is -2.54. The van der Waals surface area contributed by atoms with Gasteiger partial charge in [-0.05, 0) is 26.0 Å². The van der Waals surface area contributed by atoms with Gasteiger partial charge in [-0.15, -0.1) is 0 Å². The summed E-state index contributed by atoms with van der Waals surface area (Å²) >= 11 is 6.34. The molecule has 0 radical (unpaired) electrons. The van der Waals surface area contributed by atoms with Gasteiger partial charge in [-0.25, -0.2) is 18.6 Å². The van der Waals surface area contributed by atoms with Gasteiger partial charge in [0.15, 0.2) is 5.58 Å². The number of nitrogens with one attached hydrogen (secondary N) is 3. The third-order valence-corrected chi connectivity index (χ3v) is 5.21. The number of urea groups is 1. The third kappa shape index (κ3) is 2.64. The van der Waals surface area contributed by atoms with Gasteiger partial charge in [0.05, 0.1) is 22.8 Å². The van der Waals surface area contributed by atoms with E-state index in [0.29, 0.717) is 39.8 Å². The fourth-order valence-electron chi connectivity index (χ4n) is 3.73. The summed E-state index contributed by atoms with van der Waals surface area (Å²) < 4.78 is 33.3. The van der Waals surface area contributed by atoms with Gasteiger partial charge in [-0.2, -0.15) is 0 Å². The van der Waals surface area contributed by atoms with Crippen LogP contribution in [0.3, 0.4) is 0 Å². The Hall–Kier alpha value is -1.93. The third-order valence-electron chi connectivity index (χ3n) is 4.91. The van der Waals surface area contributed by atoms with Crippen molar-refractivity contribution in [1.82, 2.24) is 15.6 Å². The number of nitrogens with zero attached hydrogens (tertiary/aromatic N) is 1. The molecule has 9 heteroatoms. The molecule has 2 amide bonds. The Kier molecular flexibility index (Phi) is 3.66. The van der Waals surface area contributed by atoms with Crippen molar-refractivity contribution in [2.45, 2.75) is 43.7 Å². The second-order valence-corrected chi connectivity index (χ2v) is 7.02. The van der Waals surface area contributed by atoms with Crippen molar-refractivity contribution in [1.29, 1.82) is 0 Å². The van der Waals surface area contributed by atoms with Crippen LogP contribution < -0.4 is 16.0 Å². The largest absolute Gasteiger partial charge is 0.439 e. The summed E-state index contributed by atoms with van der Waals surface area (Å²) in [4.78, 5) is 16.5. The molecule has 1 aromatic heterocycles. The average Bonchev–Trinajstić information content (AvgIpc) is 2.93. The number of carbonyl (C=O) groups excluding carboxylic acids is 1. The van der Waals surface area contributed by atoms with Crippen LogP contribution in [-0.2, 0) is 12.1 Å². The van der Waals surface area contributed by atoms with Crippen LogP contribution in [0.2, 0.25) is 5.02 Å². The molecule has 25 heavy (non-hydrogen) atoms. The Morgan fingerprint density at radius 1 is 1.36 bits per heavy atom. The van der Waals surface area contributed by atoms with Gasteiger partial charge in [-0.1, -0.05) is 11.6 Å². The molecule has 134 valence electrons. The molecule has 3 N–H and O–H groups in total. The second kappa shape index (κ2) is 5.54. The van der Waals surface area contributed by atoms with E-state index in [2.05, 4.69) is 20.9 Å². The van der Waals surface area contributed by atoms with E-state index < -0.39 is 17.5 Å². The number of hydrogen-bond donors (Lipinski definition) is 3. The summed E-state index contributed by atoms with van der Waals surface area (Å²) in [5.74, 6) is -2.26. The first kappa shape index (κ1) is 16.5. The molecule has 1 aliphatic heterocycles. The lowest BCUT2D eigenvalue weighted by Gasteiger charge is -2.44. The van der Waals surface area contributed by atoms with Gasteiger partial charge in [0.1, 0.15) is 5.52 Å². The molecule has 0 unspecified atom stereocenters. The molecule has 0 saturated heterocycles. The molecule has 1 aliphatic carbocycles. The summed E-state index contributed by atoms with van der Waals surface area (Å²) in [6.45, 7) is 0.423. The number of alkyl halides is 2. The summed E-state index contributed by atoms with van der Waals surface area (Å²) in [5.41, 5.74) is 1.11. The first-order valence-electron chi connectivity index (χ1n) is 8.08. The van der Waals surface area contributed by atoms with Crippen LogP contribution in [0.4, 0.5) is 19.3 Å². The fraction of sp³-hybridized carbons (Fsp3) is 0.500. The van der Waals surface area contributed by atoms with Crippen molar-refractivity contribution >= 4 is 34.4 Å². The molecule has 0 atom stereocenters. The van der Waals surface area contributed by atoms with Crippen molar-refractivity contribution < 1.29 is 18.0 Å². The van der Waals surface area contributed by atoms with Gasteiger partial charge in [0.25, 0.3) is 0 Å². The number of rotatable bonds is 2. The maximum atomic E-state index is 13.7. The van der Waals surface area contributed by atoms with E-state index >= 15 is 0 Å². The first-order valence-corrected chi connectivity index (χ1v) is 8.45. The number of fused-ring (bicyclic) bond motifs is 4. The molecule has 2 heterocycles. The van der Waals surface area contributed by atoms with E-state index in [1.807, 2.05) is 0 Å². The summed E-state index contributed by atoms with van der Waals surface area (Å²) in [5, 5.41) is 8.79. The maximum absolute atomic E-state index is 13.7. The van der Waals surface area contributed by atoms with E-state index in [9.17, 15) is 13.6 Å². The van der Waals surface area contributed by atoms with Crippen molar-refractivity contribution in [3.63, 3.8) is 0 Å². The predicted molar refractivity (Wildman–Crippen MR) is 89.0 cm³/mol. The molecule has 1 aromatic carbocycles. The summed E-state index contributed by atoms with van der Waals surface area (Å²) in [7, 11) is 1.77. The highest BCUT2D eigenvalue weighted by atomic mass is 35.5. The average molecular weight is 371 g/mol. The number of hydrogen-bond acceptors (Lipinski definition) is 4. The Bertz CT molecular complexity index is 857. The number of anilines is 1. The number of benzene rings is 1. The highest BCUT2D eigenvalue weighted by molar-refractivity contribution is 6.35. The van der Waals surface area contributed by atoms with Crippen LogP contribution >= 0.6 is 11.6 Å². The smallest absolute Gasteiger partial charge is 0.319 e. The summed E-state index contributed by atoms with van der Waals surface area (Å²) in [6.07, 6.45) is -0.397. The molecule has 1 fully saturated rings. The number of carbonyl (C=O) groups is 1. The number of amides is 2. The second-order valence-electron chi connectivity index (χ2n) is 6.61. The number of halogens is 3. The van der Waals surface area contributed by atoms with Gasteiger partial charge in [0, 0.05) is 18.4 Å². The van der Waals surface area contributed by atoms with Crippen molar-refractivity contribution in [2.24, 2.45) is 0 Å². The van der Waals surface area contributed by atoms with Gasteiger partial charge < -0.3 is 20.4 Å². The zero-order valence-electron chi connectivity index (χ0n) is 13.5. The molecule has 4 rings (SSSR count). The quantitative estimate of drug-likeness (QED) is 0.752. The van der Waals surface area contributed by atoms with E-state index in [1.165, 1.54) is 0 Å². The van der Waals surface area contributed by atoms with Crippen LogP contribution in [0, 0.1) is 0 Å². The minimum atomic E-state index is -2.72. The number of aromatic nitrogens is 1. The van der Waals surface area contributed by atoms with Gasteiger partial charge in [-0.3, -0.25) is 0 Å². The van der Waals surface area contributed by atoms with Crippen LogP contribution in [0.5, 0.6) is 0 Å². The zero-order valence-corrected chi connectivity index (χ0v) is 14.3. The van der Waals surface area contributed by atoms with Crippen LogP contribution in [0.15, 0.2) is 10.5 Å². The van der Waals surface area contributed by atoms with Crippen molar-refractivity contribution in [3.05, 3.63) is 22.5 Å². The van der Waals surface area contributed by atoms with Gasteiger partial charge in [0.2, 0.25) is 11.8 Å². The van der Waals surface area contributed by atoms with Crippen LogP contribution in [-0.4, -0.2) is 24.0 Å². The lowest BCUT2D eigenvalue weighted by molar-refractivity contribution is -0.0552. The molecule has 6 nitrogen and oxygen atoms in total. The zero-order chi connectivity index (χ0) is 17.8. The lowest BCUT2D eigenvalue weighted by atomic mass is 9.73. The van der Waals surface area contributed by atoms with Crippen LogP contribution in [0.25, 0.3) is 11.1 Å². The number of oxazole rings is 1. The predicted octanol–water partition coefficient (Wildman–Crippen LogP) is 3.74. The standard InChI is InChI=1S/C16H17ClF2N4O2/c1-20-7-10-21-9-6-8(17)12-11(13(9)25-10)15(23-14(24)22-12)2-4-16(18,19)5-3-15/h6,20H,2-5,7H2,1H3,(H2,22,23,24). The molecule has 1 saturated carbocycles. The van der Waals surface area contributed by atoms with E-state index in [1.54, 1.807) is 13.1 Å². The SMILES string of the molecule is CNCc1nc2cc(Cl)c3c(c2o1)C1(CCC(F)(F)CC1)NC(=O)N3. The van der Waals surface area contributed by atoms with Gasteiger partial charge >= 0.3 is 6.03 Å². The van der Waals surface area contributed by atoms with Crippen molar-refractivity contribution in [3.8, 4) is 0 Å². The van der Waals surface area contributed by atoms with E-state index in [-0.39, 0.29) is 25.7 Å². The van der Waals surface area contributed by atoms with Crippen molar-refractivity contribution in [2.75, 3.05) is 12.4 Å². The maximum Gasteiger partial charge on any atom is 0.319 e. The Morgan fingerprint density at radius 2 is 2.08 bits per heavy atom. The highest BCUT2D eigenvalue weighted by Crippen LogP contribution is 2.51. The monoisotopic (exact) mass is 370 g/mol. The molecule has 1 spiro atoms. The Balaban J connectivity index is 1.92. The first-order chi connectivity index (χ1) is 11.8. The highest BCUT2D eigenvalue weighted by Gasteiger charge is 2.50. The normalized spacial score (nSPS) is 21.0. The van der Waals surface area contributed by atoms with E-state index in [4.69, 9.17) is 16.0 Å². The van der Waals surface area contributed by atoms with Crippen LogP contribution in [0.1, 0.15) is 37.1 Å². The molecule has 0 bridgehead atoms. The summed E-state index contributed by atoms with van der Waals surface area (Å²) in [6, 6.07) is 1.17. The minimum Gasteiger partial charge on any atom is -0.439 e. The van der Waals surface area contributed by atoms with E-state index in [0.717, 1.165) is 0 Å². The Labute approximate surface area is 147 Å². The Morgan fingerprint density at radius 3 is 2.76 bits per heavy atom. The fourth-order valence-corrected chi connectivity index (χ4v) is 3.97.